The van der Waals surface area contributed by atoms with Crippen LogP contribution in [0.1, 0.15) is 10.5 Å². The van der Waals surface area contributed by atoms with Gasteiger partial charge in [-0.25, -0.2) is 0 Å². The van der Waals surface area contributed by atoms with Gasteiger partial charge in [-0.3, -0.25) is 9.36 Å². The molecule has 0 saturated heterocycles. The van der Waals surface area contributed by atoms with Crippen molar-refractivity contribution in [3.63, 3.8) is 0 Å². The minimum absolute atomic E-state index is 0.631. The van der Waals surface area contributed by atoms with Crippen molar-refractivity contribution in [2.75, 3.05) is 7.11 Å². The average Bonchev–Trinajstić information content (AvgIpc) is 3.14. The molecule has 0 saturated carbocycles. The van der Waals surface area contributed by atoms with Gasteiger partial charge in [-0.15, -0.1) is 11.3 Å². The Labute approximate surface area is 131 Å². The lowest BCUT2D eigenvalue weighted by Gasteiger charge is -2.08. The highest BCUT2D eigenvalue weighted by molar-refractivity contribution is 7.21. The molecular formula is C18H13NO2S. The van der Waals surface area contributed by atoms with E-state index in [-0.39, 0.29) is 0 Å². The summed E-state index contributed by atoms with van der Waals surface area (Å²) in [5, 5.41) is 3.19. The number of fused-ring (bicyclic) bond motifs is 2. The SMILES string of the molecule is COc1cccc2cc(C=O)n(-c3cc4ccccc4s3)c12. The number of thiophene rings is 1. The van der Waals surface area contributed by atoms with Gasteiger partial charge in [0.1, 0.15) is 10.8 Å². The third-order valence-corrected chi connectivity index (χ3v) is 4.89. The molecule has 0 amide bonds. The Morgan fingerprint density at radius 1 is 1.05 bits per heavy atom. The monoisotopic (exact) mass is 307 g/mol. The van der Waals surface area contributed by atoms with Gasteiger partial charge in [-0.1, -0.05) is 30.3 Å². The van der Waals surface area contributed by atoms with Crippen molar-refractivity contribution >= 4 is 38.6 Å². The quantitative estimate of drug-likeness (QED) is 0.515. The van der Waals surface area contributed by atoms with Crippen molar-refractivity contribution in [2.45, 2.75) is 0 Å². The zero-order valence-corrected chi connectivity index (χ0v) is 12.8. The second-order valence-corrected chi connectivity index (χ2v) is 6.11. The first-order valence-corrected chi connectivity index (χ1v) is 7.76. The maximum absolute atomic E-state index is 11.5. The molecule has 0 unspecified atom stereocenters. The number of aromatic nitrogens is 1. The maximum Gasteiger partial charge on any atom is 0.166 e. The van der Waals surface area contributed by atoms with Crippen LogP contribution in [0.3, 0.4) is 0 Å². The summed E-state index contributed by atoms with van der Waals surface area (Å²) in [6.07, 6.45) is 0.893. The summed E-state index contributed by atoms with van der Waals surface area (Å²) in [4.78, 5) is 11.5. The number of ether oxygens (including phenoxy) is 1. The van der Waals surface area contributed by atoms with Gasteiger partial charge in [0.25, 0.3) is 0 Å². The van der Waals surface area contributed by atoms with Crippen molar-refractivity contribution in [1.82, 2.24) is 4.57 Å². The smallest absolute Gasteiger partial charge is 0.166 e. The summed E-state index contributed by atoms with van der Waals surface area (Å²) >= 11 is 1.67. The van der Waals surface area contributed by atoms with Gasteiger partial charge in [0.05, 0.1) is 18.3 Å². The van der Waals surface area contributed by atoms with Gasteiger partial charge in [-0.05, 0) is 29.7 Å². The molecule has 22 heavy (non-hydrogen) atoms. The van der Waals surface area contributed by atoms with Crippen LogP contribution >= 0.6 is 11.3 Å². The van der Waals surface area contributed by atoms with E-state index in [2.05, 4.69) is 18.2 Å². The third kappa shape index (κ3) is 1.84. The average molecular weight is 307 g/mol. The molecule has 4 rings (SSSR count). The molecule has 0 bridgehead atoms. The van der Waals surface area contributed by atoms with Gasteiger partial charge in [0.15, 0.2) is 6.29 Å². The van der Waals surface area contributed by atoms with Crippen LogP contribution in [-0.4, -0.2) is 18.0 Å². The van der Waals surface area contributed by atoms with Crippen LogP contribution < -0.4 is 4.74 Å². The molecule has 2 heterocycles. The van der Waals surface area contributed by atoms with E-state index in [1.165, 1.54) is 10.1 Å². The Kier molecular flexibility index (Phi) is 2.98. The van der Waals surface area contributed by atoms with E-state index in [9.17, 15) is 4.79 Å². The van der Waals surface area contributed by atoms with Crippen LogP contribution in [0.4, 0.5) is 0 Å². The fourth-order valence-corrected chi connectivity index (χ4v) is 3.91. The number of rotatable bonds is 3. The summed E-state index contributed by atoms with van der Waals surface area (Å²) in [6, 6.07) is 18.1. The highest BCUT2D eigenvalue weighted by Gasteiger charge is 2.15. The van der Waals surface area contributed by atoms with Crippen molar-refractivity contribution in [1.29, 1.82) is 0 Å². The number of nitrogens with zero attached hydrogens (tertiary/aromatic N) is 1. The molecule has 0 N–H and O–H groups in total. The predicted octanol–water partition coefficient (Wildman–Crippen LogP) is 4.67. The largest absolute Gasteiger partial charge is 0.495 e. The normalized spacial score (nSPS) is 11.1. The predicted molar refractivity (Wildman–Crippen MR) is 90.6 cm³/mol. The third-order valence-electron chi connectivity index (χ3n) is 3.79. The van der Waals surface area contributed by atoms with E-state index in [0.29, 0.717) is 5.69 Å². The number of carbonyl (C=O) groups is 1. The first kappa shape index (κ1) is 13.1. The van der Waals surface area contributed by atoms with Gasteiger partial charge >= 0.3 is 0 Å². The minimum atomic E-state index is 0.631. The molecule has 0 fully saturated rings. The number of benzene rings is 2. The van der Waals surface area contributed by atoms with Gasteiger partial charge < -0.3 is 4.74 Å². The van der Waals surface area contributed by atoms with Crippen molar-refractivity contribution in [3.8, 4) is 10.8 Å². The van der Waals surface area contributed by atoms with Gasteiger partial charge in [-0.2, -0.15) is 0 Å². The summed E-state index contributed by atoms with van der Waals surface area (Å²) in [6.45, 7) is 0. The molecular weight excluding hydrogens is 294 g/mol. The Hall–Kier alpha value is -2.59. The van der Waals surface area contributed by atoms with E-state index in [1.807, 2.05) is 41.0 Å². The number of carbonyl (C=O) groups excluding carboxylic acids is 1. The molecule has 0 atom stereocenters. The van der Waals surface area contributed by atoms with Crippen LogP contribution in [0.2, 0.25) is 0 Å². The fourth-order valence-electron chi connectivity index (χ4n) is 2.81. The zero-order valence-electron chi connectivity index (χ0n) is 11.9. The number of hydrogen-bond donors (Lipinski definition) is 0. The highest BCUT2D eigenvalue weighted by Crippen LogP contribution is 2.35. The molecule has 4 heteroatoms. The van der Waals surface area contributed by atoms with E-state index < -0.39 is 0 Å². The molecule has 2 aromatic carbocycles. The summed E-state index contributed by atoms with van der Waals surface area (Å²) in [7, 11) is 1.65. The van der Waals surface area contributed by atoms with Crippen molar-refractivity contribution in [3.05, 3.63) is 60.3 Å². The van der Waals surface area contributed by atoms with Crippen molar-refractivity contribution in [2.24, 2.45) is 0 Å². The summed E-state index contributed by atoms with van der Waals surface area (Å²) in [5.74, 6) is 0.767. The van der Waals surface area contributed by atoms with Crippen LogP contribution in [0.5, 0.6) is 5.75 Å². The molecule has 0 aliphatic heterocycles. The van der Waals surface area contributed by atoms with Gasteiger partial charge in [0.2, 0.25) is 0 Å². The second kappa shape index (κ2) is 5.00. The Bertz CT molecular complexity index is 964. The van der Waals surface area contributed by atoms with Crippen LogP contribution in [0.15, 0.2) is 54.6 Å². The summed E-state index contributed by atoms with van der Waals surface area (Å²) in [5.41, 5.74) is 1.56. The first-order chi connectivity index (χ1) is 10.8. The molecule has 0 aliphatic rings. The Morgan fingerprint density at radius 2 is 1.86 bits per heavy atom. The van der Waals surface area contributed by atoms with E-state index in [4.69, 9.17) is 4.74 Å². The van der Waals surface area contributed by atoms with Crippen molar-refractivity contribution < 1.29 is 9.53 Å². The fraction of sp³-hybridized carbons (Fsp3) is 0.0556. The lowest BCUT2D eigenvalue weighted by Crippen LogP contribution is -1.97. The molecule has 0 radical (unpaired) electrons. The van der Waals surface area contributed by atoms with Crippen LogP contribution in [0, 0.1) is 0 Å². The number of aldehydes is 1. The number of para-hydroxylation sites is 1. The molecule has 3 nitrogen and oxygen atoms in total. The molecule has 4 aromatic rings. The Morgan fingerprint density at radius 3 is 2.64 bits per heavy atom. The lowest BCUT2D eigenvalue weighted by atomic mass is 10.2. The van der Waals surface area contributed by atoms with E-state index >= 15 is 0 Å². The lowest BCUT2D eigenvalue weighted by molar-refractivity contribution is 0.111. The zero-order chi connectivity index (χ0) is 15.1. The molecule has 0 aliphatic carbocycles. The minimum Gasteiger partial charge on any atom is -0.495 e. The van der Waals surface area contributed by atoms with Crippen LogP contribution in [-0.2, 0) is 0 Å². The maximum atomic E-state index is 11.5. The standard InChI is InChI=1S/C18H13NO2S/c1-21-15-7-4-6-13-9-14(11-20)19(18(13)15)17-10-12-5-2-3-8-16(12)22-17/h2-11H,1H3. The highest BCUT2D eigenvalue weighted by atomic mass is 32.1. The van der Waals surface area contributed by atoms with Gasteiger partial charge in [0, 0.05) is 10.1 Å². The van der Waals surface area contributed by atoms with Crippen LogP contribution in [0.25, 0.3) is 26.0 Å². The molecule has 108 valence electrons. The summed E-state index contributed by atoms with van der Waals surface area (Å²) < 4.78 is 8.67. The topological polar surface area (TPSA) is 31.2 Å². The Balaban J connectivity index is 2.10. The number of methoxy groups -OCH3 is 1. The molecule has 0 spiro atoms. The second-order valence-electron chi connectivity index (χ2n) is 5.04. The molecule has 2 aromatic heterocycles. The first-order valence-electron chi connectivity index (χ1n) is 6.94. The van der Waals surface area contributed by atoms with E-state index in [0.717, 1.165) is 27.9 Å². The van der Waals surface area contributed by atoms with E-state index in [1.54, 1.807) is 18.4 Å². The number of hydrogen-bond acceptors (Lipinski definition) is 3.